The summed E-state index contributed by atoms with van der Waals surface area (Å²) in [6.07, 6.45) is 5.68. The highest BCUT2D eigenvalue weighted by Crippen LogP contribution is 2.33. The van der Waals surface area contributed by atoms with Gasteiger partial charge in [0.1, 0.15) is 11.9 Å². The van der Waals surface area contributed by atoms with Crippen molar-refractivity contribution in [2.75, 3.05) is 0 Å². The van der Waals surface area contributed by atoms with Gasteiger partial charge in [0.25, 0.3) is 0 Å². The molecule has 3 nitrogen and oxygen atoms in total. The van der Waals surface area contributed by atoms with Crippen LogP contribution in [0.25, 0.3) is 0 Å². The van der Waals surface area contributed by atoms with Gasteiger partial charge in [-0.3, -0.25) is 4.79 Å². The highest BCUT2D eigenvalue weighted by molar-refractivity contribution is 5.81. The van der Waals surface area contributed by atoms with Crippen molar-refractivity contribution in [2.45, 2.75) is 70.6 Å². The highest BCUT2D eigenvalue weighted by atomic mass is 19.1. The summed E-state index contributed by atoms with van der Waals surface area (Å²) in [5.41, 5.74) is 1.66. The molecule has 0 radical (unpaired) electrons. The zero-order chi connectivity index (χ0) is 16.4. The molecule has 3 rings (SSSR count). The maximum Gasteiger partial charge on any atom is 0.249 e. The van der Waals surface area contributed by atoms with Gasteiger partial charge >= 0.3 is 0 Å². The van der Waals surface area contributed by atoms with Gasteiger partial charge in [0, 0.05) is 0 Å². The smallest absolute Gasteiger partial charge is 0.249 e. The highest BCUT2D eigenvalue weighted by Gasteiger charge is 2.29. The predicted molar refractivity (Wildman–Crippen MR) is 87.6 cm³/mol. The van der Waals surface area contributed by atoms with Gasteiger partial charge in [-0.05, 0) is 55.7 Å². The van der Waals surface area contributed by atoms with Crippen LogP contribution in [0, 0.1) is 11.7 Å². The lowest BCUT2D eigenvalue weighted by molar-refractivity contribution is -0.137. The standard InChI is InChI=1S/C19H26FNO2/c1-12-5-3-6-14(11-12)23-13(2)19(22)21-18-10-9-15-16(18)7-4-8-17(15)20/h4,7-8,12-14,18H,3,5-6,9-11H2,1-2H3,(H,21,22). The van der Waals surface area contributed by atoms with E-state index in [0.717, 1.165) is 30.4 Å². The van der Waals surface area contributed by atoms with Crippen LogP contribution in [0.4, 0.5) is 4.39 Å². The van der Waals surface area contributed by atoms with Crippen LogP contribution in [-0.4, -0.2) is 18.1 Å². The quantitative estimate of drug-likeness (QED) is 0.913. The number of hydrogen-bond donors (Lipinski definition) is 1. The minimum Gasteiger partial charge on any atom is -0.365 e. The molecule has 0 saturated heterocycles. The van der Waals surface area contributed by atoms with E-state index < -0.39 is 6.10 Å². The topological polar surface area (TPSA) is 38.3 Å². The van der Waals surface area contributed by atoms with Gasteiger partial charge in [-0.1, -0.05) is 31.9 Å². The third-order valence-electron chi connectivity index (χ3n) is 5.18. The molecule has 0 aromatic heterocycles. The Hall–Kier alpha value is -1.42. The van der Waals surface area contributed by atoms with Crippen molar-refractivity contribution in [3.63, 3.8) is 0 Å². The van der Waals surface area contributed by atoms with Crippen molar-refractivity contribution in [3.8, 4) is 0 Å². The fourth-order valence-corrected chi connectivity index (χ4v) is 3.90. The normalized spacial score (nSPS) is 28.2. The summed E-state index contributed by atoms with van der Waals surface area (Å²) in [6, 6.07) is 5.01. The minimum absolute atomic E-state index is 0.0923. The SMILES string of the molecule is CC1CCCC(OC(C)C(=O)NC2CCc3c(F)cccc32)C1. The molecule has 4 atom stereocenters. The Labute approximate surface area is 137 Å². The zero-order valence-electron chi connectivity index (χ0n) is 14.0. The van der Waals surface area contributed by atoms with Crippen LogP contribution in [0.1, 0.15) is 63.1 Å². The van der Waals surface area contributed by atoms with Crippen LogP contribution in [0.15, 0.2) is 18.2 Å². The van der Waals surface area contributed by atoms with Crippen LogP contribution in [-0.2, 0) is 16.0 Å². The summed E-state index contributed by atoms with van der Waals surface area (Å²) in [5.74, 6) is 0.416. The van der Waals surface area contributed by atoms with E-state index in [0.29, 0.717) is 12.3 Å². The van der Waals surface area contributed by atoms with E-state index in [-0.39, 0.29) is 23.9 Å². The van der Waals surface area contributed by atoms with Crippen molar-refractivity contribution >= 4 is 5.91 Å². The Morgan fingerprint density at radius 3 is 2.96 bits per heavy atom. The maximum atomic E-state index is 13.8. The first-order valence-electron chi connectivity index (χ1n) is 8.77. The molecule has 1 amide bonds. The lowest BCUT2D eigenvalue weighted by Crippen LogP contribution is -2.39. The number of benzene rings is 1. The van der Waals surface area contributed by atoms with E-state index in [1.54, 1.807) is 6.07 Å². The monoisotopic (exact) mass is 319 g/mol. The number of nitrogens with one attached hydrogen (secondary N) is 1. The van der Waals surface area contributed by atoms with Crippen molar-refractivity contribution in [1.29, 1.82) is 0 Å². The average Bonchev–Trinajstić information content (AvgIpc) is 2.92. The summed E-state index contributed by atoms with van der Waals surface area (Å²) in [4.78, 5) is 12.4. The van der Waals surface area contributed by atoms with Gasteiger partial charge < -0.3 is 10.1 Å². The van der Waals surface area contributed by atoms with Crippen LogP contribution in [0.3, 0.4) is 0 Å². The number of fused-ring (bicyclic) bond motifs is 1. The molecule has 0 heterocycles. The van der Waals surface area contributed by atoms with Gasteiger partial charge in [-0.25, -0.2) is 4.39 Å². The van der Waals surface area contributed by atoms with E-state index >= 15 is 0 Å². The minimum atomic E-state index is -0.456. The molecule has 1 aromatic rings. The number of carbonyl (C=O) groups excluding carboxylic acids is 1. The summed E-state index contributed by atoms with van der Waals surface area (Å²) in [5, 5.41) is 3.03. The van der Waals surface area contributed by atoms with Crippen LogP contribution in [0.2, 0.25) is 0 Å². The van der Waals surface area contributed by atoms with Crippen molar-refractivity contribution in [1.82, 2.24) is 5.32 Å². The fraction of sp³-hybridized carbons (Fsp3) is 0.632. The molecule has 2 aliphatic rings. The molecule has 1 aromatic carbocycles. The van der Waals surface area contributed by atoms with E-state index in [9.17, 15) is 9.18 Å². The summed E-state index contributed by atoms with van der Waals surface area (Å²) in [7, 11) is 0. The molecule has 1 saturated carbocycles. The third-order valence-corrected chi connectivity index (χ3v) is 5.18. The number of rotatable bonds is 4. The molecule has 0 aliphatic heterocycles. The molecule has 2 aliphatic carbocycles. The van der Waals surface area contributed by atoms with Crippen LogP contribution >= 0.6 is 0 Å². The van der Waals surface area contributed by atoms with Gasteiger partial charge in [0.15, 0.2) is 0 Å². The molecule has 1 fully saturated rings. The lowest BCUT2D eigenvalue weighted by Gasteiger charge is -2.29. The number of ether oxygens (including phenoxy) is 1. The predicted octanol–water partition coefficient (Wildman–Crippen LogP) is 3.91. The Morgan fingerprint density at radius 2 is 2.17 bits per heavy atom. The van der Waals surface area contributed by atoms with E-state index in [1.807, 2.05) is 13.0 Å². The largest absolute Gasteiger partial charge is 0.365 e. The first-order valence-corrected chi connectivity index (χ1v) is 8.77. The van der Waals surface area contributed by atoms with Gasteiger partial charge in [0.2, 0.25) is 5.91 Å². The molecule has 126 valence electrons. The van der Waals surface area contributed by atoms with E-state index in [1.165, 1.54) is 18.9 Å². The van der Waals surface area contributed by atoms with Gasteiger partial charge in [-0.2, -0.15) is 0 Å². The number of amides is 1. The Morgan fingerprint density at radius 1 is 1.35 bits per heavy atom. The van der Waals surface area contributed by atoms with Crippen molar-refractivity contribution < 1.29 is 13.9 Å². The molecule has 0 spiro atoms. The average molecular weight is 319 g/mol. The Kier molecular flexibility index (Phi) is 5.00. The van der Waals surface area contributed by atoms with Crippen molar-refractivity contribution in [2.24, 2.45) is 5.92 Å². The summed E-state index contributed by atoms with van der Waals surface area (Å²) >= 11 is 0. The second-order valence-corrected chi connectivity index (χ2v) is 7.08. The molecular weight excluding hydrogens is 293 g/mol. The first kappa shape index (κ1) is 16.4. The summed E-state index contributed by atoms with van der Waals surface area (Å²) < 4.78 is 19.7. The molecule has 0 bridgehead atoms. The van der Waals surface area contributed by atoms with Crippen LogP contribution < -0.4 is 5.32 Å². The van der Waals surface area contributed by atoms with Gasteiger partial charge in [-0.15, -0.1) is 0 Å². The zero-order valence-corrected chi connectivity index (χ0v) is 14.0. The number of hydrogen-bond acceptors (Lipinski definition) is 2. The number of halogens is 1. The van der Waals surface area contributed by atoms with Gasteiger partial charge in [0.05, 0.1) is 12.1 Å². The Bertz CT molecular complexity index is 574. The van der Waals surface area contributed by atoms with Crippen LogP contribution in [0.5, 0.6) is 0 Å². The lowest BCUT2D eigenvalue weighted by atomic mass is 9.88. The second-order valence-electron chi connectivity index (χ2n) is 7.08. The first-order chi connectivity index (χ1) is 11.0. The molecule has 1 N–H and O–H groups in total. The van der Waals surface area contributed by atoms with Crippen molar-refractivity contribution in [3.05, 3.63) is 35.1 Å². The number of carbonyl (C=O) groups is 1. The fourth-order valence-electron chi connectivity index (χ4n) is 3.90. The second kappa shape index (κ2) is 7.00. The van der Waals surface area contributed by atoms with E-state index in [4.69, 9.17) is 4.74 Å². The molecule has 4 unspecified atom stereocenters. The third kappa shape index (κ3) is 3.74. The van der Waals surface area contributed by atoms with E-state index in [2.05, 4.69) is 12.2 Å². The molecular formula is C19H26FNO2. The maximum absolute atomic E-state index is 13.8. The molecule has 4 heteroatoms. The summed E-state index contributed by atoms with van der Waals surface area (Å²) in [6.45, 7) is 4.06. The molecule has 23 heavy (non-hydrogen) atoms. The Balaban J connectivity index is 1.56.